The van der Waals surface area contributed by atoms with Gasteiger partial charge in [-0.05, 0) is 62.1 Å². The molecule has 5 rings (SSSR count). The van der Waals surface area contributed by atoms with E-state index in [4.69, 9.17) is 22.6 Å². The number of carbonyl (C=O) groups excluding carboxylic acids is 11. The fourth-order valence-corrected chi connectivity index (χ4v) is 9.25. The van der Waals surface area contributed by atoms with Crippen molar-refractivity contribution in [3.8, 4) is 0 Å². The molecule has 1 aromatic heterocycles. The highest BCUT2D eigenvalue weighted by atomic mass is 16.2. The average Bonchev–Trinajstić information content (AvgIpc) is 3.81. The summed E-state index contributed by atoms with van der Waals surface area (Å²) in [6.45, 7) is 2.70. The molecule has 0 saturated carbocycles. The third-order valence-corrected chi connectivity index (χ3v) is 13.4. The van der Waals surface area contributed by atoms with Gasteiger partial charge < -0.3 is 74.9 Å². The Bertz CT molecular complexity index is 2660. The monoisotopic (exact) mass is 1080 g/mol. The lowest BCUT2D eigenvalue weighted by Crippen LogP contribution is -2.68. The van der Waals surface area contributed by atoms with Crippen LogP contribution in [-0.2, 0) is 65.6 Å². The fraction of sp³-hybridized carbons (Fsp3) is 0.500. The molecule has 26 nitrogen and oxygen atoms in total. The van der Waals surface area contributed by atoms with Crippen molar-refractivity contribution in [2.24, 2.45) is 17.2 Å². The lowest BCUT2D eigenvalue weighted by molar-refractivity contribution is -0.150. The SMILES string of the molecule is CCCC[C@H](NC(C)=O)C(=O)N[C@H]1CC(=O)NCCCC[C@@H](C(N)=O)NC(=O)[C@H](Cc2c[nH]c3ccccc23)NC(=O)[C@H]2CN(C(=O)[C@@H](Cc3ccccc3)NC(=O)[C@H](CCC(N)=O)NC1=O)[C@@H](CCCNC(=N)N)C(=O)N2. The van der Waals surface area contributed by atoms with Gasteiger partial charge in [-0.25, -0.2) is 0 Å². The molecule has 2 aliphatic rings. The summed E-state index contributed by atoms with van der Waals surface area (Å²) < 4.78 is 0. The van der Waals surface area contributed by atoms with Crippen LogP contribution in [0.5, 0.6) is 0 Å². The molecule has 17 N–H and O–H groups in total. The molecular weight excluding hydrogens is 1010 g/mol. The number of guanidine groups is 1. The van der Waals surface area contributed by atoms with E-state index in [1.807, 2.05) is 25.1 Å². The molecule has 2 aromatic carbocycles. The third-order valence-electron chi connectivity index (χ3n) is 13.4. The number of hydrogen-bond donors (Lipinski definition) is 14. The van der Waals surface area contributed by atoms with E-state index in [1.165, 1.54) is 6.92 Å². The summed E-state index contributed by atoms with van der Waals surface area (Å²) in [5, 5.41) is 32.0. The molecule has 8 atom stereocenters. The quantitative estimate of drug-likeness (QED) is 0.0356. The highest BCUT2D eigenvalue weighted by Gasteiger charge is 2.43. The van der Waals surface area contributed by atoms with Gasteiger partial charge in [-0.1, -0.05) is 68.3 Å². The van der Waals surface area contributed by atoms with E-state index in [-0.39, 0.29) is 70.4 Å². The number of primary amides is 2. The van der Waals surface area contributed by atoms with Gasteiger partial charge in [-0.2, -0.15) is 0 Å². The first kappa shape index (κ1) is 60.3. The van der Waals surface area contributed by atoms with Gasteiger partial charge in [0.15, 0.2) is 5.96 Å². The molecule has 0 spiro atoms. The zero-order chi connectivity index (χ0) is 56.9. The van der Waals surface area contributed by atoms with Gasteiger partial charge in [0.25, 0.3) is 0 Å². The zero-order valence-corrected chi connectivity index (χ0v) is 43.9. The van der Waals surface area contributed by atoms with E-state index in [2.05, 4.69) is 52.8 Å². The molecule has 2 bridgehead atoms. The highest BCUT2D eigenvalue weighted by Crippen LogP contribution is 2.21. The molecule has 2 saturated heterocycles. The molecule has 2 aliphatic heterocycles. The molecular formula is C52H73N15O11. The Labute approximate surface area is 450 Å². The number of nitrogens with one attached hydrogen (secondary N) is 11. The minimum absolute atomic E-state index is 0.00787. The number of rotatable bonds is 18. The summed E-state index contributed by atoms with van der Waals surface area (Å²) in [4.78, 5) is 156. The van der Waals surface area contributed by atoms with Crippen LogP contribution >= 0.6 is 0 Å². The Balaban J connectivity index is 1.59. The van der Waals surface area contributed by atoms with E-state index in [0.717, 1.165) is 15.8 Å². The van der Waals surface area contributed by atoms with Gasteiger partial charge in [-0.3, -0.25) is 58.1 Å². The second-order valence-electron chi connectivity index (χ2n) is 19.5. The topological polar surface area (TPSA) is 417 Å². The number of carbonyl (C=O) groups is 11. The van der Waals surface area contributed by atoms with Crippen LogP contribution in [0.1, 0.15) is 95.6 Å². The minimum Gasteiger partial charge on any atom is -0.370 e. The summed E-state index contributed by atoms with van der Waals surface area (Å²) in [5.41, 5.74) is 18.7. The van der Waals surface area contributed by atoms with Gasteiger partial charge in [0, 0.05) is 56.4 Å². The molecule has 3 heterocycles. The van der Waals surface area contributed by atoms with E-state index in [0.29, 0.717) is 24.0 Å². The fourth-order valence-electron chi connectivity index (χ4n) is 9.25. The van der Waals surface area contributed by atoms with Crippen LogP contribution in [0.4, 0.5) is 0 Å². The molecule has 0 aliphatic carbocycles. The number of aromatic amines is 1. The maximum Gasteiger partial charge on any atom is 0.246 e. The molecule has 26 heteroatoms. The van der Waals surface area contributed by atoms with Crippen molar-refractivity contribution >= 4 is 81.8 Å². The molecule has 2 fully saturated rings. The van der Waals surface area contributed by atoms with Crippen molar-refractivity contribution in [1.29, 1.82) is 5.41 Å². The summed E-state index contributed by atoms with van der Waals surface area (Å²) >= 11 is 0. The normalized spacial score (nSPS) is 22.7. The number of unbranched alkanes of at least 4 members (excludes halogenated alkanes) is 1. The first-order valence-electron chi connectivity index (χ1n) is 26.1. The molecule has 0 unspecified atom stereocenters. The van der Waals surface area contributed by atoms with Crippen LogP contribution in [0.3, 0.4) is 0 Å². The molecule has 422 valence electrons. The maximum absolute atomic E-state index is 15.3. The van der Waals surface area contributed by atoms with Crippen molar-refractivity contribution in [3.05, 3.63) is 71.9 Å². The number of para-hydroxylation sites is 1. The first-order valence-corrected chi connectivity index (χ1v) is 26.1. The average molecular weight is 1080 g/mol. The van der Waals surface area contributed by atoms with Crippen LogP contribution in [0, 0.1) is 5.41 Å². The van der Waals surface area contributed by atoms with E-state index in [9.17, 15) is 47.9 Å². The number of amides is 11. The largest absolute Gasteiger partial charge is 0.370 e. The van der Waals surface area contributed by atoms with Crippen LogP contribution < -0.4 is 65.1 Å². The Morgan fingerprint density at radius 1 is 0.769 bits per heavy atom. The Morgan fingerprint density at radius 2 is 1.46 bits per heavy atom. The van der Waals surface area contributed by atoms with Crippen molar-refractivity contribution in [1.82, 2.24) is 57.7 Å². The predicted molar refractivity (Wildman–Crippen MR) is 285 cm³/mol. The van der Waals surface area contributed by atoms with Crippen LogP contribution in [0.2, 0.25) is 0 Å². The second kappa shape index (κ2) is 29.6. The summed E-state index contributed by atoms with van der Waals surface area (Å²) in [6, 6.07) is 4.34. The summed E-state index contributed by atoms with van der Waals surface area (Å²) in [6.07, 6.45) is 1.74. The van der Waals surface area contributed by atoms with Gasteiger partial charge in [0.2, 0.25) is 65.0 Å². The third kappa shape index (κ3) is 18.3. The number of nitrogens with two attached hydrogens (primary N) is 3. The number of nitrogens with zero attached hydrogens (tertiary/aromatic N) is 1. The molecule has 11 amide bonds. The van der Waals surface area contributed by atoms with Crippen LogP contribution in [0.25, 0.3) is 10.9 Å². The Morgan fingerprint density at radius 3 is 2.15 bits per heavy atom. The van der Waals surface area contributed by atoms with Crippen molar-refractivity contribution in [3.63, 3.8) is 0 Å². The number of fused-ring (bicyclic) bond motifs is 3. The maximum atomic E-state index is 15.3. The Hall–Kier alpha value is -8.58. The molecule has 0 radical (unpaired) electrons. The van der Waals surface area contributed by atoms with Gasteiger partial charge >= 0.3 is 0 Å². The van der Waals surface area contributed by atoms with Gasteiger partial charge in [0.05, 0.1) is 13.0 Å². The number of aromatic nitrogens is 1. The zero-order valence-electron chi connectivity index (χ0n) is 43.9. The predicted octanol–water partition coefficient (Wildman–Crippen LogP) is -2.53. The Kier molecular flexibility index (Phi) is 22.9. The lowest BCUT2D eigenvalue weighted by atomic mass is 9.98. The van der Waals surface area contributed by atoms with Crippen molar-refractivity contribution in [2.45, 2.75) is 146 Å². The first-order chi connectivity index (χ1) is 37.2. The van der Waals surface area contributed by atoms with E-state index >= 15 is 4.79 Å². The van der Waals surface area contributed by atoms with Crippen LogP contribution in [-0.4, -0.2) is 149 Å². The highest BCUT2D eigenvalue weighted by molar-refractivity contribution is 6.00. The van der Waals surface area contributed by atoms with E-state index < -0.39 is 139 Å². The smallest absolute Gasteiger partial charge is 0.246 e. The second-order valence-corrected chi connectivity index (χ2v) is 19.5. The van der Waals surface area contributed by atoms with Crippen LogP contribution in [0.15, 0.2) is 60.8 Å². The number of benzene rings is 2. The van der Waals surface area contributed by atoms with Crippen molar-refractivity contribution < 1.29 is 52.7 Å². The van der Waals surface area contributed by atoms with E-state index in [1.54, 1.807) is 42.6 Å². The number of piperazine rings is 1. The molecule has 3 aromatic rings. The minimum atomic E-state index is -1.67. The number of hydrogen-bond acceptors (Lipinski definition) is 12. The van der Waals surface area contributed by atoms with Crippen molar-refractivity contribution in [2.75, 3.05) is 19.6 Å². The summed E-state index contributed by atoms with van der Waals surface area (Å²) in [7, 11) is 0. The standard InChI is InChI=1S/C52H73N15O11/c1-3-4-16-35(60-29(2)68)45(72)64-38-26-43(70)57-22-11-10-18-34(44(54)71)61-47(74)37(25-31-27-59-33-17-9-8-15-32(31)33)63-49(76)40-28-67(41(50(77)66-40)19-12-23-58-52(55)56)51(78)39(24-30-13-6-5-7-14-30)65-46(73)36(62-48(38)75)20-21-42(53)69/h5-9,13-15,17,27,34-41,59H,3-4,10-12,16,18-26,28H2,1-2H3,(H2,53,69)(H2,54,71)(H,57,70)(H,60,68)(H,61,74)(H,62,75)(H,63,76)(H,64,72)(H,65,73)(H,66,77)(H4,55,56,58)/t34-,35-,36-,37-,38-,39+,40+,41-/m0/s1. The number of H-pyrrole nitrogens is 1. The van der Waals surface area contributed by atoms with Gasteiger partial charge in [-0.15, -0.1) is 0 Å². The lowest BCUT2D eigenvalue weighted by Gasteiger charge is -2.41. The summed E-state index contributed by atoms with van der Waals surface area (Å²) in [5.74, 6) is -9.52. The molecule has 78 heavy (non-hydrogen) atoms. The van der Waals surface area contributed by atoms with Gasteiger partial charge in [0.1, 0.15) is 48.3 Å².